The molecule has 154 valence electrons. The van der Waals surface area contributed by atoms with Gasteiger partial charge in [-0.25, -0.2) is 10.3 Å². The summed E-state index contributed by atoms with van der Waals surface area (Å²) in [5, 5.41) is 0. The van der Waals surface area contributed by atoms with Gasteiger partial charge in [-0.2, -0.15) is 4.39 Å². The van der Waals surface area contributed by atoms with Crippen molar-refractivity contribution in [1.82, 2.24) is 15.0 Å². The predicted octanol–water partition coefficient (Wildman–Crippen LogP) is 0.0676. The third kappa shape index (κ3) is 7.73. The Kier molecular flexibility index (Phi) is 9.00. The number of amides is 1. The molecule has 0 unspecified atom stereocenters. The Morgan fingerprint density at radius 1 is 1.37 bits per heavy atom. The molecule has 0 saturated carbocycles. The van der Waals surface area contributed by atoms with Crippen molar-refractivity contribution in [1.29, 1.82) is 0 Å². The fraction of sp³-hybridized carbons (Fsp3) is 0.643. The molecule has 0 radical (unpaired) electrons. The highest BCUT2D eigenvalue weighted by atomic mass is 31.2. The van der Waals surface area contributed by atoms with Gasteiger partial charge >= 0.3 is 13.3 Å². The van der Waals surface area contributed by atoms with Crippen LogP contribution in [0.15, 0.2) is 9.59 Å². The molecule has 0 saturated heterocycles. The first-order valence-electron chi connectivity index (χ1n) is 8.17. The van der Waals surface area contributed by atoms with Gasteiger partial charge in [0.1, 0.15) is 6.35 Å². The fourth-order valence-electron chi connectivity index (χ4n) is 2.00. The van der Waals surface area contributed by atoms with Gasteiger partial charge < -0.3 is 14.5 Å². The molecule has 0 aliphatic heterocycles. The van der Waals surface area contributed by atoms with Gasteiger partial charge in [0.05, 0.1) is 19.3 Å². The summed E-state index contributed by atoms with van der Waals surface area (Å²) < 4.78 is 30.2. The van der Waals surface area contributed by atoms with Gasteiger partial charge in [-0.1, -0.05) is 19.8 Å². The summed E-state index contributed by atoms with van der Waals surface area (Å²) in [4.78, 5) is 60.1. The van der Waals surface area contributed by atoms with Crippen LogP contribution in [0.1, 0.15) is 43.6 Å². The number of hydroxylamine groups is 1. The third-order valence-corrected chi connectivity index (χ3v) is 3.82. The Labute approximate surface area is 153 Å². The van der Waals surface area contributed by atoms with Gasteiger partial charge in [-0.05, 0) is 13.3 Å². The number of rotatable bonds is 11. The molecule has 27 heavy (non-hydrogen) atoms. The number of hydrogen-bond acceptors (Lipinski definition) is 6. The number of carbonyl (C=O) groups is 1. The van der Waals surface area contributed by atoms with Gasteiger partial charge in [-0.15, -0.1) is 0 Å². The van der Waals surface area contributed by atoms with Crippen molar-refractivity contribution < 1.29 is 33.1 Å². The predicted molar refractivity (Wildman–Crippen MR) is 91.7 cm³/mol. The first-order valence-corrected chi connectivity index (χ1v) is 9.97. The molecule has 0 fully saturated rings. The lowest BCUT2D eigenvalue weighted by Crippen LogP contribution is -2.43. The minimum Gasteiger partial charge on any atom is -0.364 e. The molecule has 0 aromatic carbocycles. The van der Waals surface area contributed by atoms with E-state index in [4.69, 9.17) is 19.4 Å². The van der Waals surface area contributed by atoms with E-state index in [1.807, 2.05) is 17.4 Å². The second-order valence-electron chi connectivity index (χ2n) is 5.79. The van der Waals surface area contributed by atoms with Crippen molar-refractivity contribution in [2.75, 3.05) is 13.0 Å². The summed E-state index contributed by atoms with van der Waals surface area (Å²) in [6.45, 7) is 3.04. The number of H-pyrrole nitrogens is 1. The standard InChI is InChI=1S/C14H23FN3O8P/c1-3-4-5-6-26-17-12(19)11-10(15)13(20)18(14(21)16-11)7-9(2)25-8-27(22,23)24/h9H,3-8H2,1-2H3,(H,16,21)(H,17,19)(H2,22,23,24)/t9-/m1/s1. The van der Waals surface area contributed by atoms with Crippen LogP contribution in [0.3, 0.4) is 0 Å². The quantitative estimate of drug-likeness (QED) is 0.226. The summed E-state index contributed by atoms with van der Waals surface area (Å²) >= 11 is 0. The molecule has 0 spiro atoms. The van der Waals surface area contributed by atoms with E-state index >= 15 is 0 Å². The molecule has 0 aliphatic carbocycles. The van der Waals surface area contributed by atoms with Crippen LogP contribution in [-0.4, -0.2) is 44.3 Å². The second kappa shape index (κ2) is 10.5. The maximum atomic E-state index is 14.2. The smallest absolute Gasteiger partial charge is 0.350 e. The zero-order valence-corrected chi connectivity index (χ0v) is 15.8. The molecule has 0 aliphatic rings. The molecule has 0 bridgehead atoms. The number of nitrogens with zero attached hydrogens (tertiary/aromatic N) is 1. The SMILES string of the molecule is CCCCCONC(=O)c1[nH]c(=O)n(C[C@@H](C)OCP(=O)(O)O)c(=O)c1F. The summed E-state index contributed by atoms with van der Waals surface area (Å²) in [6.07, 6.45) is 0.591. The van der Waals surface area contributed by atoms with E-state index in [-0.39, 0.29) is 6.61 Å². The summed E-state index contributed by atoms with van der Waals surface area (Å²) in [5.74, 6) is -2.61. The Bertz CT molecular complexity index is 803. The maximum Gasteiger partial charge on any atom is 0.350 e. The van der Waals surface area contributed by atoms with Crippen molar-refractivity contribution in [2.24, 2.45) is 0 Å². The summed E-state index contributed by atoms with van der Waals surface area (Å²) in [7, 11) is -4.43. The van der Waals surface area contributed by atoms with E-state index in [1.54, 1.807) is 0 Å². The van der Waals surface area contributed by atoms with Gasteiger partial charge in [-0.3, -0.25) is 28.5 Å². The molecule has 1 heterocycles. The van der Waals surface area contributed by atoms with Crippen molar-refractivity contribution in [3.05, 3.63) is 32.3 Å². The number of aromatic amines is 1. The van der Waals surface area contributed by atoms with E-state index in [0.717, 1.165) is 12.8 Å². The van der Waals surface area contributed by atoms with Crippen LogP contribution < -0.4 is 16.7 Å². The lowest BCUT2D eigenvalue weighted by molar-refractivity contribution is 0.0289. The average Bonchev–Trinajstić information content (AvgIpc) is 2.59. The van der Waals surface area contributed by atoms with Crippen LogP contribution in [0, 0.1) is 5.82 Å². The molecule has 11 nitrogen and oxygen atoms in total. The normalized spacial score (nSPS) is 12.8. The number of ether oxygens (including phenoxy) is 1. The lowest BCUT2D eigenvalue weighted by Gasteiger charge is -2.15. The Morgan fingerprint density at radius 2 is 2.04 bits per heavy atom. The number of carbonyl (C=O) groups excluding carboxylic acids is 1. The minimum atomic E-state index is -4.43. The molecular weight excluding hydrogens is 388 g/mol. The molecule has 1 aromatic heterocycles. The first kappa shape index (κ1) is 23.2. The van der Waals surface area contributed by atoms with Gasteiger partial charge in [0.15, 0.2) is 5.69 Å². The number of hydrogen-bond donors (Lipinski definition) is 4. The van der Waals surface area contributed by atoms with E-state index in [1.165, 1.54) is 6.92 Å². The lowest BCUT2D eigenvalue weighted by atomic mass is 10.3. The average molecular weight is 411 g/mol. The van der Waals surface area contributed by atoms with Crippen LogP contribution in [-0.2, 0) is 20.7 Å². The monoisotopic (exact) mass is 411 g/mol. The van der Waals surface area contributed by atoms with Crippen LogP contribution in [0.25, 0.3) is 0 Å². The fourth-order valence-corrected chi connectivity index (χ4v) is 2.44. The zero-order valence-electron chi connectivity index (χ0n) is 14.9. The molecule has 13 heteroatoms. The molecule has 1 rings (SSSR count). The van der Waals surface area contributed by atoms with Crippen molar-refractivity contribution in [2.45, 2.75) is 45.8 Å². The Morgan fingerprint density at radius 3 is 2.63 bits per heavy atom. The highest BCUT2D eigenvalue weighted by molar-refractivity contribution is 7.51. The molecule has 1 amide bonds. The summed E-state index contributed by atoms with van der Waals surface area (Å²) in [6, 6.07) is 0. The maximum absolute atomic E-state index is 14.2. The topological polar surface area (TPSA) is 160 Å². The van der Waals surface area contributed by atoms with E-state index in [9.17, 15) is 23.3 Å². The van der Waals surface area contributed by atoms with Crippen molar-refractivity contribution in [3.63, 3.8) is 0 Å². The number of aromatic nitrogens is 2. The number of halogens is 1. The Hall–Kier alpha value is -1.85. The number of unbranched alkanes of at least 4 members (excludes halogenated alkanes) is 2. The highest BCUT2D eigenvalue weighted by Gasteiger charge is 2.22. The van der Waals surface area contributed by atoms with Gasteiger partial charge in [0.2, 0.25) is 5.82 Å². The molecular formula is C14H23FN3O8P. The van der Waals surface area contributed by atoms with E-state index < -0.39 is 55.3 Å². The highest BCUT2D eigenvalue weighted by Crippen LogP contribution is 2.34. The van der Waals surface area contributed by atoms with Gasteiger partial charge in [0, 0.05) is 0 Å². The zero-order chi connectivity index (χ0) is 20.6. The summed E-state index contributed by atoms with van der Waals surface area (Å²) in [5.41, 5.74) is -1.39. The van der Waals surface area contributed by atoms with Crippen LogP contribution in [0.5, 0.6) is 0 Å². The van der Waals surface area contributed by atoms with Crippen molar-refractivity contribution in [3.8, 4) is 0 Å². The van der Waals surface area contributed by atoms with Crippen LogP contribution in [0.2, 0.25) is 0 Å². The van der Waals surface area contributed by atoms with E-state index in [2.05, 4.69) is 0 Å². The minimum absolute atomic E-state index is 0.191. The second-order valence-corrected chi connectivity index (χ2v) is 7.38. The first-order chi connectivity index (χ1) is 12.6. The largest absolute Gasteiger partial charge is 0.364 e. The molecule has 4 N–H and O–H groups in total. The van der Waals surface area contributed by atoms with Gasteiger partial charge in [0.25, 0.3) is 11.5 Å². The van der Waals surface area contributed by atoms with E-state index in [0.29, 0.717) is 11.0 Å². The molecule has 1 aromatic rings. The van der Waals surface area contributed by atoms with Crippen LogP contribution in [0.4, 0.5) is 4.39 Å². The van der Waals surface area contributed by atoms with Crippen molar-refractivity contribution >= 4 is 13.5 Å². The molecule has 1 atom stereocenters. The van der Waals surface area contributed by atoms with Crippen LogP contribution >= 0.6 is 7.60 Å². The Balaban J connectivity index is 2.84. The number of nitrogens with one attached hydrogen (secondary N) is 2. The third-order valence-electron chi connectivity index (χ3n) is 3.34.